The number of H-pyrrole nitrogens is 1. The van der Waals surface area contributed by atoms with Gasteiger partial charge in [-0.15, -0.1) is 0 Å². The minimum atomic E-state index is -0.0843. The van der Waals surface area contributed by atoms with Crippen LogP contribution in [0.25, 0.3) is 11.1 Å². The van der Waals surface area contributed by atoms with Crippen molar-refractivity contribution in [3.05, 3.63) is 81.1 Å². The molecule has 110 valence electrons. The molecule has 1 aromatic heterocycles. The highest BCUT2D eigenvalue weighted by atomic mass is 35.5. The zero-order valence-corrected chi connectivity index (χ0v) is 13.5. The van der Waals surface area contributed by atoms with Crippen molar-refractivity contribution in [1.29, 1.82) is 0 Å². The van der Waals surface area contributed by atoms with Crippen LogP contribution >= 0.6 is 34.8 Å². The van der Waals surface area contributed by atoms with Gasteiger partial charge < -0.3 is 4.98 Å². The fourth-order valence-corrected chi connectivity index (χ4v) is 2.64. The predicted molar refractivity (Wildman–Crippen MR) is 91.1 cm³/mol. The summed E-state index contributed by atoms with van der Waals surface area (Å²) in [5.74, 6) is -0.0843. The molecule has 22 heavy (non-hydrogen) atoms. The van der Waals surface area contributed by atoms with Crippen molar-refractivity contribution in [1.82, 2.24) is 4.98 Å². The maximum atomic E-state index is 12.6. The molecule has 0 atom stereocenters. The van der Waals surface area contributed by atoms with Gasteiger partial charge in [0.05, 0.1) is 10.0 Å². The van der Waals surface area contributed by atoms with Crippen LogP contribution in [0.15, 0.2) is 54.9 Å². The first-order valence-electron chi connectivity index (χ1n) is 6.49. The molecule has 0 amide bonds. The van der Waals surface area contributed by atoms with Gasteiger partial charge in [-0.3, -0.25) is 4.79 Å². The van der Waals surface area contributed by atoms with Crippen LogP contribution in [0.1, 0.15) is 15.9 Å². The number of carbonyl (C=O) groups is 1. The summed E-state index contributed by atoms with van der Waals surface area (Å²) in [6.07, 6.45) is 3.44. The third kappa shape index (κ3) is 2.91. The maximum Gasteiger partial charge on any atom is 0.195 e. The standard InChI is InChI=1S/C17H10Cl3NO/c18-12-4-1-10(2-5-12)17(22)14-9-21-8-13(14)11-3-6-15(19)16(20)7-11/h1-9,21H. The molecule has 5 heteroatoms. The van der Waals surface area contributed by atoms with Crippen molar-refractivity contribution in [2.45, 2.75) is 0 Å². The molecule has 0 aliphatic heterocycles. The van der Waals surface area contributed by atoms with Crippen molar-refractivity contribution in [2.24, 2.45) is 0 Å². The summed E-state index contributed by atoms with van der Waals surface area (Å²) in [5.41, 5.74) is 2.75. The van der Waals surface area contributed by atoms with Crippen molar-refractivity contribution in [2.75, 3.05) is 0 Å². The second-order valence-corrected chi connectivity index (χ2v) is 6.00. The summed E-state index contributed by atoms with van der Waals surface area (Å²) in [6, 6.07) is 12.1. The van der Waals surface area contributed by atoms with Crippen LogP contribution in [0.3, 0.4) is 0 Å². The van der Waals surface area contributed by atoms with Gasteiger partial charge in [0.2, 0.25) is 0 Å². The number of nitrogens with one attached hydrogen (secondary N) is 1. The topological polar surface area (TPSA) is 32.9 Å². The number of carbonyl (C=O) groups excluding carboxylic acids is 1. The van der Waals surface area contributed by atoms with E-state index in [4.69, 9.17) is 34.8 Å². The fraction of sp³-hybridized carbons (Fsp3) is 0. The summed E-state index contributed by atoms with van der Waals surface area (Å²) in [6.45, 7) is 0. The number of ketones is 1. The lowest BCUT2D eigenvalue weighted by Gasteiger charge is -2.05. The van der Waals surface area contributed by atoms with Crippen LogP contribution in [0.5, 0.6) is 0 Å². The molecule has 0 radical (unpaired) electrons. The first-order valence-corrected chi connectivity index (χ1v) is 7.62. The van der Waals surface area contributed by atoms with Crippen LogP contribution in [-0.2, 0) is 0 Å². The SMILES string of the molecule is O=C(c1ccc(Cl)cc1)c1c[nH]cc1-c1ccc(Cl)c(Cl)c1. The number of benzene rings is 2. The van der Waals surface area contributed by atoms with Gasteiger partial charge in [0.15, 0.2) is 5.78 Å². The average Bonchev–Trinajstić information content (AvgIpc) is 2.99. The molecular formula is C17H10Cl3NO. The second-order valence-electron chi connectivity index (χ2n) is 4.75. The Morgan fingerprint density at radius 2 is 1.59 bits per heavy atom. The van der Waals surface area contributed by atoms with Crippen molar-refractivity contribution in [3.63, 3.8) is 0 Å². The number of aromatic nitrogens is 1. The highest BCUT2D eigenvalue weighted by Crippen LogP contribution is 2.31. The molecule has 3 rings (SSSR count). The lowest BCUT2D eigenvalue weighted by Crippen LogP contribution is -2.01. The van der Waals surface area contributed by atoms with Crippen molar-refractivity contribution < 1.29 is 4.79 Å². The Morgan fingerprint density at radius 3 is 2.27 bits per heavy atom. The molecule has 0 spiro atoms. The molecule has 1 N–H and O–H groups in total. The van der Waals surface area contributed by atoms with Gasteiger partial charge in [-0.1, -0.05) is 40.9 Å². The largest absolute Gasteiger partial charge is 0.366 e. The highest BCUT2D eigenvalue weighted by molar-refractivity contribution is 6.42. The molecule has 0 aliphatic rings. The number of rotatable bonds is 3. The van der Waals surface area contributed by atoms with E-state index < -0.39 is 0 Å². The quantitative estimate of drug-likeness (QED) is 0.588. The summed E-state index contributed by atoms with van der Waals surface area (Å²) < 4.78 is 0. The van der Waals surface area contributed by atoms with Crippen LogP contribution < -0.4 is 0 Å². The van der Waals surface area contributed by atoms with E-state index in [0.29, 0.717) is 26.2 Å². The summed E-state index contributed by atoms with van der Waals surface area (Å²) >= 11 is 17.8. The Labute approximate surface area is 142 Å². The third-order valence-corrected chi connectivity index (χ3v) is 4.32. The van der Waals surface area contributed by atoms with Gasteiger partial charge in [0.25, 0.3) is 0 Å². The lowest BCUT2D eigenvalue weighted by molar-refractivity contribution is 0.103. The molecule has 2 nitrogen and oxygen atoms in total. The second kappa shape index (κ2) is 6.17. The number of hydrogen-bond donors (Lipinski definition) is 1. The van der Waals surface area contributed by atoms with Crippen LogP contribution in [-0.4, -0.2) is 10.8 Å². The molecule has 0 unspecified atom stereocenters. The van der Waals surface area contributed by atoms with Gasteiger partial charge in [0.1, 0.15) is 0 Å². The summed E-state index contributed by atoms with van der Waals surface area (Å²) in [4.78, 5) is 15.6. The van der Waals surface area contributed by atoms with E-state index in [0.717, 1.165) is 11.1 Å². The minimum Gasteiger partial charge on any atom is -0.366 e. The molecule has 0 saturated heterocycles. The number of halogens is 3. The van der Waals surface area contributed by atoms with Crippen molar-refractivity contribution in [3.8, 4) is 11.1 Å². The smallest absolute Gasteiger partial charge is 0.195 e. The zero-order chi connectivity index (χ0) is 15.7. The Hall–Kier alpha value is -1.74. The Kier molecular flexibility index (Phi) is 4.25. The Bertz CT molecular complexity index is 837. The fourth-order valence-electron chi connectivity index (χ4n) is 2.21. The van der Waals surface area contributed by atoms with E-state index in [1.54, 1.807) is 48.8 Å². The number of hydrogen-bond acceptors (Lipinski definition) is 1. The van der Waals surface area contributed by atoms with Gasteiger partial charge in [-0.05, 0) is 42.0 Å². The third-order valence-electron chi connectivity index (χ3n) is 3.33. The van der Waals surface area contributed by atoms with Crippen LogP contribution in [0.4, 0.5) is 0 Å². The minimum absolute atomic E-state index is 0.0843. The first-order chi connectivity index (χ1) is 10.6. The predicted octanol–water partition coefficient (Wildman–Crippen LogP) is 5.87. The van der Waals surface area contributed by atoms with E-state index in [1.165, 1.54) is 0 Å². The molecule has 0 saturated carbocycles. The van der Waals surface area contributed by atoms with Gasteiger partial charge in [-0.25, -0.2) is 0 Å². The number of aromatic amines is 1. The van der Waals surface area contributed by atoms with E-state index in [1.807, 2.05) is 6.07 Å². The Balaban J connectivity index is 2.03. The molecule has 0 aliphatic carbocycles. The van der Waals surface area contributed by atoms with E-state index in [9.17, 15) is 4.79 Å². The molecule has 0 bridgehead atoms. The average molecular weight is 351 g/mol. The molecule has 2 aromatic carbocycles. The monoisotopic (exact) mass is 349 g/mol. The normalized spacial score (nSPS) is 10.7. The van der Waals surface area contributed by atoms with Gasteiger partial charge in [-0.2, -0.15) is 0 Å². The summed E-state index contributed by atoms with van der Waals surface area (Å²) in [7, 11) is 0. The summed E-state index contributed by atoms with van der Waals surface area (Å²) in [5, 5.41) is 1.52. The lowest BCUT2D eigenvalue weighted by atomic mass is 9.98. The molecule has 1 heterocycles. The van der Waals surface area contributed by atoms with E-state index in [2.05, 4.69) is 4.98 Å². The molecular weight excluding hydrogens is 341 g/mol. The maximum absolute atomic E-state index is 12.6. The van der Waals surface area contributed by atoms with Gasteiger partial charge in [0, 0.05) is 34.1 Å². The molecule has 0 fully saturated rings. The van der Waals surface area contributed by atoms with E-state index >= 15 is 0 Å². The first kappa shape index (κ1) is 15.2. The van der Waals surface area contributed by atoms with Crippen LogP contribution in [0, 0.1) is 0 Å². The van der Waals surface area contributed by atoms with Gasteiger partial charge >= 0.3 is 0 Å². The van der Waals surface area contributed by atoms with E-state index in [-0.39, 0.29) is 5.78 Å². The molecule has 3 aromatic rings. The Morgan fingerprint density at radius 1 is 0.864 bits per heavy atom. The zero-order valence-electron chi connectivity index (χ0n) is 11.2. The highest BCUT2D eigenvalue weighted by Gasteiger charge is 2.16. The van der Waals surface area contributed by atoms with Crippen LogP contribution in [0.2, 0.25) is 15.1 Å². The van der Waals surface area contributed by atoms with Crippen molar-refractivity contribution >= 4 is 40.6 Å².